The first-order valence-corrected chi connectivity index (χ1v) is 5.18. The van der Waals surface area contributed by atoms with Crippen molar-refractivity contribution < 1.29 is 17.9 Å². The van der Waals surface area contributed by atoms with E-state index in [-0.39, 0.29) is 13.0 Å². The molecule has 0 amide bonds. The van der Waals surface area contributed by atoms with Gasteiger partial charge >= 0.3 is 6.18 Å². The van der Waals surface area contributed by atoms with E-state index in [0.717, 1.165) is 5.56 Å². The molecule has 0 radical (unpaired) electrons. The molecule has 0 bridgehead atoms. The van der Waals surface area contributed by atoms with Gasteiger partial charge in [-0.25, -0.2) is 0 Å². The minimum absolute atomic E-state index is 0.0103. The zero-order valence-corrected chi connectivity index (χ0v) is 9.13. The van der Waals surface area contributed by atoms with Gasteiger partial charge in [-0.15, -0.1) is 0 Å². The number of ether oxygens (including phenoxy) is 1. The average Bonchev–Trinajstić information content (AvgIpc) is 2.24. The van der Waals surface area contributed by atoms with Gasteiger partial charge in [-0.2, -0.15) is 13.2 Å². The minimum Gasteiger partial charge on any atom is -0.377 e. The maximum absolute atomic E-state index is 12.1. The van der Waals surface area contributed by atoms with Crippen molar-refractivity contribution in [3.63, 3.8) is 0 Å². The summed E-state index contributed by atoms with van der Waals surface area (Å²) in [6.07, 6.45) is -4.10. The van der Waals surface area contributed by atoms with Crippen molar-refractivity contribution in [2.45, 2.75) is 26.1 Å². The molecule has 90 valence electrons. The Balaban J connectivity index is 2.18. The molecule has 0 aliphatic carbocycles. The van der Waals surface area contributed by atoms with Crippen LogP contribution in [0.1, 0.15) is 18.9 Å². The first kappa shape index (κ1) is 13.0. The molecule has 1 nitrogen and oxygen atoms in total. The molecule has 0 aromatic heterocycles. The summed E-state index contributed by atoms with van der Waals surface area (Å²) in [5, 5.41) is 0. The van der Waals surface area contributed by atoms with Crippen LogP contribution in [0.15, 0.2) is 30.3 Å². The molecule has 0 N–H and O–H groups in total. The maximum atomic E-state index is 12.1. The van der Waals surface area contributed by atoms with E-state index < -0.39 is 12.1 Å². The molecule has 0 fully saturated rings. The normalized spacial score (nSPS) is 13.8. The van der Waals surface area contributed by atoms with Crippen molar-refractivity contribution in [3.05, 3.63) is 35.9 Å². The molecule has 16 heavy (non-hydrogen) atoms. The number of halogens is 3. The predicted molar refractivity (Wildman–Crippen MR) is 55.9 cm³/mol. The third-order valence-corrected chi connectivity index (χ3v) is 2.37. The quantitative estimate of drug-likeness (QED) is 0.702. The zero-order valence-electron chi connectivity index (χ0n) is 9.13. The lowest BCUT2D eigenvalue weighted by Gasteiger charge is -2.15. The monoisotopic (exact) mass is 232 g/mol. The zero-order chi connectivity index (χ0) is 12.0. The number of hydrogen-bond acceptors (Lipinski definition) is 1. The van der Waals surface area contributed by atoms with E-state index in [9.17, 15) is 13.2 Å². The van der Waals surface area contributed by atoms with Crippen LogP contribution in [-0.2, 0) is 11.3 Å². The van der Waals surface area contributed by atoms with Gasteiger partial charge in [-0.05, 0) is 12.0 Å². The van der Waals surface area contributed by atoms with Crippen molar-refractivity contribution in [3.8, 4) is 0 Å². The first-order valence-electron chi connectivity index (χ1n) is 5.18. The van der Waals surface area contributed by atoms with Crippen molar-refractivity contribution in [1.29, 1.82) is 0 Å². The van der Waals surface area contributed by atoms with Gasteiger partial charge in [0.25, 0.3) is 0 Å². The molecular weight excluding hydrogens is 217 g/mol. The highest BCUT2D eigenvalue weighted by Gasteiger charge is 2.35. The lowest BCUT2D eigenvalue weighted by atomic mass is 10.1. The summed E-state index contributed by atoms with van der Waals surface area (Å²) in [5.74, 6) is -1.30. The highest BCUT2D eigenvalue weighted by molar-refractivity contribution is 5.13. The molecule has 0 heterocycles. The Morgan fingerprint density at radius 1 is 1.19 bits per heavy atom. The molecule has 1 aromatic carbocycles. The smallest absolute Gasteiger partial charge is 0.377 e. The van der Waals surface area contributed by atoms with E-state index in [0.29, 0.717) is 6.61 Å². The van der Waals surface area contributed by atoms with Crippen LogP contribution in [0.3, 0.4) is 0 Å². The van der Waals surface area contributed by atoms with Crippen LogP contribution < -0.4 is 0 Å². The summed E-state index contributed by atoms with van der Waals surface area (Å²) < 4.78 is 41.6. The molecular formula is C12H15F3O. The van der Waals surface area contributed by atoms with E-state index in [1.165, 1.54) is 6.92 Å². The second-order valence-corrected chi connectivity index (χ2v) is 3.77. The van der Waals surface area contributed by atoms with Crippen molar-refractivity contribution in [2.24, 2.45) is 5.92 Å². The fourth-order valence-electron chi connectivity index (χ4n) is 1.19. The van der Waals surface area contributed by atoms with E-state index >= 15 is 0 Å². The van der Waals surface area contributed by atoms with Crippen LogP contribution in [0.4, 0.5) is 13.2 Å². The summed E-state index contributed by atoms with van der Waals surface area (Å²) in [7, 11) is 0. The first-order chi connectivity index (χ1) is 7.50. The third kappa shape index (κ3) is 4.66. The summed E-state index contributed by atoms with van der Waals surface area (Å²) in [5.41, 5.74) is 0.974. The summed E-state index contributed by atoms with van der Waals surface area (Å²) in [6.45, 7) is 1.67. The topological polar surface area (TPSA) is 9.23 Å². The lowest BCUT2D eigenvalue weighted by Crippen LogP contribution is -2.21. The standard InChI is InChI=1S/C12H15F3O/c1-10(12(13,14)15)7-8-16-9-11-5-3-2-4-6-11/h2-6,10H,7-9H2,1H3/t10-/m0/s1. The van der Waals surface area contributed by atoms with Crippen molar-refractivity contribution >= 4 is 0 Å². The molecule has 0 unspecified atom stereocenters. The van der Waals surface area contributed by atoms with Gasteiger partial charge in [0.1, 0.15) is 0 Å². The number of benzene rings is 1. The molecule has 0 saturated heterocycles. The van der Waals surface area contributed by atoms with E-state index in [4.69, 9.17) is 4.74 Å². The van der Waals surface area contributed by atoms with Gasteiger partial charge in [-0.3, -0.25) is 0 Å². The van der Waals surface area contributed by atoms with Crippen LogP contribution in [0, 0.1) is 5.92 Å². The van der Waals surface area contributed by atoms with E-state index in [2.05, 4.69) is 0 Å². The van der Waals surface area contributed by atoms with Gasteiger partial charge in [0.05, 0.1) is 12.5 Å². The Morgan fingerprint density at radius 2 is 1.81 bits per heavy atom. The van der Waals surface area contributed by atoms with Crippen molar-refractivity contribution in [1.82, 2.24) is 0 Å². The minimum atomic E-state index is -4.11. The largest absolute Gasteiger partial charge is 0.391 e. The highest BCUT2D eigenvalue weighted by Crippen LogP contribution is 2.28. The van der Waals surface area contributed by atoms with E-state index in [1.807, 2.05) is 30.3 Å². The highest BCUT2D eigenvalue weighted by atomic mass is 19.4. The van der Waals surface area contributed by atoms with Gasteiger partial charge in [0, 0.05) is 6.61 Å². The molecule has 1 atom stereocenters. The fourth-order valence-corrected chi connectivity index (χ4v) is 1.19. The molecule has 0 aliphatic heterocycles. The van der Waals surface area contributed by atoms with Gasteiger partial charge in [-0.1, -0.05) is 37.3 Å². The summed E-state index contributed by atoms with van der Waals surface area (Å²) in [6, 6.07) is 9.39. The average molecular weight is 232 g/mol. The predicted octanol–water partition coefficient (Wildman–Crippen LogP) is 3.79. The number of alkyl halides is 3. The van der Waals surface area contributed by atoms with Gasteiger partial charge < -0.3 is 4.74 Å². The Bertz CT molecular complexity index is 295. The van der Waals surface area contributed by atoms with Crippen LogP contribution in [0.5, 0.6) is 0 Å². The maximum Gasteiger partial charge on any atom is 0.391 e. The van der Waals surface area contributed by atoms with E-state index in [1.54, 1.807) is 0 Å². The third-order valence-electron chi connectivity index (χ3n) is 2.37. The van der Waals surface area contributed by atoms with Gasteiger partial charge in [0.15, 0.2) is 0 Å². The Hall–Kier alpha value is -1.03. The lowest BCUT2D eigenvalue weighted by molar-refractivity contribution is -0.174. The molecule has 0 saturated carbocycles. The van der Waals surface area contributed by atoms with Crippen LogP contribution >= 0.6 is 0 Å². The molecule has 1 rings (SSSR count). The summed E-state index contributed by atoms with van der Waals surface area (Å²) >= 11 is 0. The fraction of sp³-hybridized carbons (Fsp3) is 0.500. The van der Waals surface area contributed by atoms with Crippen LogP contribution in [-0.4, -0.2) is 12.8 Å². The molecule has 4 heteroatoms. The molecule has 0 aliphatic rings. The number of hydrogen-bond donors (Lipinski definition) is 0. The Kier molecular flexibility index (Phi) is 4.80. The van der Waals surface area contributed by atoms with Crippen LogP contribution in [0.25, 0.3) is 0 Å². The van der Waals surface area contributed by atoms with Gasteiger partial charge in [0.2, 0.25) is 0 Å². The van der Waals surface area contributed by atoms with Crippen molar-refractivity contribution in [2.75, 3.05) is 6.61 Å². The second-order valence-electron chi connectivity index (χ2n) is 3.77. The number of rotatable bonds is 5. The molecule has 0 spiro atoms. The second kappa shape index (κ2) is 5.89. The SMILES string of the molecule is C[C@@H](CCOCc1ccccc1)C(F)(F)F. The van der Waals surface area contributed by atoms with Crippen LogP contribution in [0.2, 0.25) is 0 Å². The Labute approximate surface area is 93.2 Å². The molecule has 1 aromatic rings. The summed E-state index contributed by atoms with van der Waals surface area (Å²) in [4.78, 5) is 0. The Morgan fingerprint density at radius 3 is 2.38 bits per heavy atom.